The molecule has 2 aromatic carbocycles. The van der Waals surface area contributed by atoms with Crippen molar-refractivity contribution in [2.45, 2.75) is 19.9 Å². The molecule has 3 rings (SSSR count). The van der Waals surface area contributed by atoms with Crippen LogP contribution in [0.2, 0.25) is 0 Å². The van der Waals surface area contributed by atoms with Crippen LogP contribution in [0.4, 0.5) is 5.69 Å². The second-order valence-electron chi connectivity index (χ2n) is 5.83. The number of rotatable bonds is 6. The molecule has 4 heteroatoms. The highest BCUT2D eigenvalue weighted by molar-refractivity contribution is 9.10. The molecule has 0 fully saturated rings. The number of benzene rings is 2. The fourth-order valence-electron chi connectivity index (χ4n) is 3.05. The van der Waals surface area contributed by atoms with Crippen molar-refractivity contribution in [3.05, 3.63) is 87.2 Å². The maximum Gasteiger partial charge on any atom is 0.336 e. The van der Waals surface area contributed by atoms with Gasteiger partial charge in [-0.1, -0.05) is 40.2 Å². The van der Waals surface area contributed by atoms with E-state index in [1.54, 1.807) is 0 Å². The molecule has 0 saturated heterocycles. The van der Waals surface area contributed by atoms with Gasteiger partial charge in [0.2, 0.25) is 0 Å². The van der Waals surface area contributed by atoms with Crippen LogP contribution in [-0.2, 0) is 13.0 Å². The summed E-state index contributed by atoms with van der Waals surface area (Å²) in [6.07, 6.45) is 2.60. The molecule has 25 heavy (non-hydrogen) atoms. The number of hydrogen-bond acceptors (Lipinski definition) is 3. The monoisotopic (exact) mass is 397 g/mol. The second kappa shape index (κ2) is 7.70. The predicted molar refractivity (Wildman–Crippen MR) is 107 cm³/mol. The quantitative estimate of drug-likeness (QED) is 0.417. The van der Waals surface area contributed by atoms with E-state index in [1.165, 1.54) is 11.6 Å². The number of anilines is 1. The first kappa shape index (κ1) is 17.5. The number of halogens is 1. The van der Waals surface area contributed by atoms with Crippen LogP contribution in [-0.4, -0.2) is 6.54 Å². The zero-order chi connectivity index (χ0) is 17.8. The van der Waals surface area contributed by atoms with Crippen LogP contribution < -0.4 is 10.5 Å². The summed E-state index contributed by atoms with van der Waals surface area (Å²) in [5.74, 6) is 0. The molecule has 1 aromatic heterocycles. The lowest BCUT2D eigenvalue weighted by atomic mass is 10.0. The Morgan fingerprint density at radius 3 is 2.68 bits per heavy atom. The Balaban J connectivity index is 2.10. The van der Waals surface area contributed by atoms with Gasteiger partial charge in [0.1, 0.15) is 5.58 Å². The molecule has 3 aromatic rings. The SMILES string of the molecule is C=CCc1c(N(CC)Cc2ccccc2Br)ccc2oc(=O)ccc12. The van der Waals surface area contributed by atoms with Crippen molar-refractivity contribution >= 4 is 32.6 Å². The minimum atomic E-state index is -0.328. The average molecular weight is 398 g/mol. The Bertz CT molecular complexity index is 962. The van der Waals surface area contributed by atoms with Crippen LogP contribution in [0.15, 0.2) is 74.9 Å². The zero-order valence-corrected chi connectivity index (χ0v) is 15.8. The molecule has 0 bridgehead atoms. The van der Waals surface area contributed by atoms with Crippen LogP contribution in [0, 0.1) is 0 Å². The Morgan fingerprint density at radius 1 is 1.16 bits per heavy atom. The molecule has 0 atom stereocenters. The van der Waals surface area contributed by atoms with E-state index < -0.39 is 0 Å². The van der Waals surface area contributed by atoms with Crippen LogP contribution in [0.1, 0.15) is 18.1 Å². The van der Waals surface area contributed by atoms with Gasteiger partial charge in [-0.05, 0) is 48.7 Å². The number of nitrogens with zero attached hydrogens (tertiary/aromatic N) is 1. The lowest BCUT2D eigenvalue weighted by Gasteiger charge is -2.27. The Morgan fingerprint density at radius 2 is 1.96 bits per heavy atom. The molecule has 0 aliphatic heterocycles. The van der Waals surface area contributed by atoms with E-state index >= 15 is 0 Å². The summed E-state index contributed by atoms with van der Waals surface area (Å²) < 4.78 is 6.44. The summed E-state index contributed by atoms with van der Waals surface area (Å²) in [6, 6.07) is 15.5. The maximum absolute atomic E-state index is 11.5. The summed E-state index contributed by atoms with van der Waals surface area (Å²) in [5, 5.41) is 0.961. The minimum Gasteiger partial charge on any atom is -0.423 e. The van der Waals surface area contributed by atoms with E-state index in [4.69, 9.17) is 4.42 Å². The van der Waals surface area contributed by atoms with Crippen molar-refractivity contribution in [2.24, 2.45) is 0 Å². The van der Waals surface area contributed by atoms with Crippen molar-refractivity contribution in [3.8, 4) is 0 Å². The molecule has 0 N–H and O–H groups in total. The van der Waals surface area contributed by atoms with Crippen molar-refractivity contribution < 1.29 is 4.42 Å². The van der Waals surface area contributed by atoms with Crippen LogP contribution in [0.25, 0.3) is 11.0 Å². The smallest absolute Gasteiger partial charge is 0.336 e. The number of fused-ring (bicyclic) bond motifs is 1. The zero-order valence-electron chi connectivity index (χ0n) is 14.2. The molecular formula is C21H20BrNO2. The molecule has 0 aliphatic carbocycles. The van der Waals surface area contributed by atoms with E-state index in [1.807, 2.05) is 36.4 Å². The third kappa shape index (κ3) is 3.69. The van der Waals surface area contributed by atoms with Crippen LogP contribution in [0.5, 0.6) is 0 Å². The summed E-state index contributed by atoms with van der Waals surface area (Å²) in [4.78, 5) is 13.8. The molecule has 0 saturated carbocycles. The first-order valence-electron chi connectivity index (χ1n) is 8.29. The highest BCUT2D eigenvalue weighted by Crippen LogP contribution is 2.31. The van der Waals surface area contributed by atoms with E-state index in [9.17, 15) is 4.79 Å². The normalized spacial score (nSPS) is 10.8. The maximum atomic E-state index is 11.5. The van der Waals surface area contributed by atoms with E-state index in [0.29, 0.717) is 12.0 Å². The Hall–Kier alpha value is -2.33. The lowest BCUT2D eigenvalue weighted by molar-refractivity contribution is 0.560. The lowest BCUT2D eigenvalue weighted by Crippen LogP contribution is -2.23. The van der Waals surface area contributed by atoms with Gasteiger partial charge >= 0.3 is 5.63 Å². The van der Waals surface area contributed by atoms with Gasteiger partial charge in [-0.15, -0.1) is 6.58 Å². The van der Waals surface area contributed by atoms with Gasteiger partial charge in [-0.3, -0.25) is 0 Å². The molecule has 0 amide bonds. The Kier molecular flexibility index (Phi) is 5.39. The van der Waals surface area contributed by atoms with Gasteiger partial charge < -0.3 is 9.32 Å². The molecule has 0 radical (unpaired) electrons. The molecule has 128 valence electrons. The van der Waals surface area contributed by atoms with Crippen LogP contribution in [0.3, 0.4) is 0 Å². The van der Waals surface area contributed by atoms with Gasteiger partial charge in [-0.25, -0.2) is 4.79 Å². The van der Waals surface area contributed by atoms with E-state index in [2.05, 4.69) is 46.5 Å². The number of allylic oxidation sites excluding steroid dienone is 1. The van der Waals surface area contributed by atoms with Crippen molar-refractivity contribution in [1.82, 2.24) is 0 Å². The molecule has 0 unspecified atom stereocenters. The first-order valence-corrected chi connectivity index (χ1v) is 9.08. The largest absolute Gasteiger partial charge is 0.423 e. The standard InChI is InChI=1S/C21H20BrNO2/c1-3-7-16-17-10-13-21(24)25-20(17)12-11-19(16)23(4-2)14-15-8-5-6-9-18(15)22/h3,5-6,8-13H,1,4,7,14H2,2H3. The summed E-state index contributed by atoms with van der Waals surface area (Å²) >= 11 is 3.63. The van der Waals surface area contributed by atoms with Crippen molar-refractivity contribution in [2.75, 3.05) is 11.4 Å². The van der Waals surface area contributed by atoms with Crippen molar-refractivity contribution in [3.63, 3.8) is 0 Å². The van der Waals surface area contributed by atoms with Gasteiger partial charge in [0.25, 0.3) is 0 Å². The molecular weight excluding hydrogens is 378 g/mol. The van der Waals surface area contributed by atoms with E-state index in [-0.39, 0.29) is 5.63 Å². The highest BCUT2D eigenvalue weighted by Gasteiger charge is 2.15. The summed E-state index contributed by atoms with van der Waals surface area (Å²) in [5.41, 5.74) is 3.79. The molecule has 0 aliphatic rings. The van der Waals surface area contributed by atoms with Gasteiger partial charge in [0.05, 0.1) is 0 Å². The van der Waals surface area contributed by atoms with Crippen LogP contribution >= 0.6 is 15.9 Å². The molecule has 0 spiro atoms. The average Bonchev–Trinajstić information content (AvgIpc) is 2.61. The van der Waals surface area contributed by atoms with Gasteiger partial charge in [0, 0.05) is 34.7 Å². The fourth-order valence-corrected chi connectivity index (χ4v) is 3.46. The summed E-state index contributed by atoms with van der Waals surface area (Å²) in [7, 11) is 0. The van der Waals surface area contributed by atoms with E-state index in [0.717, 1.165) is 34.2 Å². The van der Waals surface area contributed by atoms with Gasteiger partial charge in [-0.2, -0.15) is 0 Å². The third-order valence-electron chi connectivity index (χ3n) is 4.28. The predicted octanol–water partition coefficient (Wildman–Crippen LogP) is 5.31. The fraction of sp³-hybridized carbons (Fsp3) is 0.190. The molecule has 3 nitrogen and oxygen atoms in total. The number of hydrogen-bond donors (Lipinski definition) is 0. The topological polar surface area (TPSA) is 33.5 Å². The first-order chi connectivity index (χ1) is 12.1. The molecule has 1 heterocycles. The highest BCUT2D eigenvalue weighted by atomic mass is 79.9. The second-order valence-corrected chi connectivity index (χ2v) is 6.68. The summed E-state index contributed by atoms with van der Waals surface area (Å²) in [6.45, 7) is 7.69. The minimum absolute atomic E-state index is 0.328. The Labute approximate surface area is 155 Å². The third-order valence-corrected chi connectivity index (χ3v) is 5.05. The van der Waals surface area contributed by atoms with Crippen molar-refractivity contribution in [1.29, 1.82) is 0 Å². The van der Waals surface area contributed by atoms with Gasteiger partial charge in [0.15, 0.2) is 0 Å².